The van der Waals surface area contributed by atoms with Crippen LogP contribution in [0.2, 0.25) is 0 Å². The molecule has 0 aliphatic heterocycles. The molecule has 98 valence electrons. The minimum Gasteiger partial charge on any atom is -0.508 e. The molecule has 0 amide bonds. The van der Waals surface area contributed by atoms with Crippen LogP contribution in [-0.2, 0) is 12.8 Å². The summed E-state index contributed by atoms with van der Waals surface area (Å²) in [6, 6.07) is 16.7. The molecule has 0 saturated carbocycles. The van der Waals surface area contributed by atoms with E-state index in [2.05, 4.69) is 35.6 Å². The Morgan fingerprint density at radius 1 is 1.21 bits per heavy atom. The van der Waals surface area contributed by atoms with E-state index in [0.29, 0.717) is 17.7 Å². The SMILES string of the molecule is CNC(Cc1cccc(O)c1)C1Cc2ccccc21. The summed E-state index contributed by atoms with van der Waals surface area (Å²) >= 11 is 0. The van der Waals surface area contributed by atoms with Gasteiger partial charge in [-0.25, -0.2) is 0 Å². The van der Waals surface area contributed by atoms with E-state index >= 15 is 0 Å². The van der Waals surface area contributed by atoms with Crippen LogP contribution in [-0.4, -0.2) is 18.2 Å². The first-order valence-corrected chi connectivity index (χ1v) is 6.81. The number of aromatic hydroxyl groups is 1. The molecule has 0 heterocycles. The van der Waals surface area contributed by atoms with E-state index in [1.54, 1.807) is 6.07 Å². The lowest BCUT2D eigenvalue weighted by Gasteiger charge is -2.36. The third-order valence-corrected chi connectivity index (χ3v) is 4.12. The highest BCUT2D eigenvalue weighted by Gasteiger charge is 2.31. The monoisotopic (exact) mass is 253 g/mol. The molecular weight excluding hydrogens is 234 g/mol. The van der Waals surface area contributed by atoms with Gasteiger partial charge in [-0.1, -0.05) is 36.4 Å². The van der Waals surface area contributed by atoms with Gasteiger partial charge in [-0.05, 0) is 48.7 Å². The number of nitrogens with one attached hydrogen (secondary N) is 1. The molecule has 2 atom stereocenters. The number of hydrogen-bond donors (Lipinski definition) is 2. The number of phenolic OH excluding ortho intramolecular Hbond substituents is 1. The Balaban J connectivity index is 1.76. The van der Waals surface area contributed by atoms with Crippen LogP contribution in [0.15, 0.2) is 48.5 Å². The Kier molecular flexibility index (Phi) is 3.26. The van der Waals surface area contributed by atoms with Crippen LogP contribution in [0.3, 0.4) is 0 Å². The highest BCUT2D eigenvalue weighted by molar-refractivity contribution is 5.42. The zero-order chi connectivity index (χ0) is 13.2. The van der Waals surface area contributed by atoms with Gasteiger partial charge in [0.25, 0.3) is 0 Å². The van der Waals surface area contributed by atoms with E-state index in [4.69, 9.17) is 0 Å². The molecule has 2 heteroatoms. The highest BCUT2D eigenvalue weighted by Crippen LogP contribution is 2.38. The highest BCUT2D eigenvalue weighted by atomic mass is 16.3. The maximum Gasteiger partial charge on any atom is 0.115 e. The van der Waals surface area contributed by atoms with E-state index in [-0.39, 0.29) is 0 Å². The maximum absolute atomic E-state index is 9.55. The number of benzene rings is 2. The van der Waals surface area contributed by atoms with Crippen molar-refractivity contribution < 1.29 is 5.11 Å². The minimum absolute atomic E-state index is 0.348. The Bertz CT molecular complexity index is 579. The molecule has 2 unspecified atom stereocenters. The maximum atomic E-state index is 9.55. The van der Waals surface area contributed by atoms with Gasteiger partial charge in [-0.2, -0.15) is 0 Å². The smallest absolute Gasteiger partial charge is 0.115 e. The summed E-state index contributed by atoms with van der Waals surface area (Å²) in [6.07, 6.45) is 2.10. The first kappa shape index (κ1) is 12.2. The van der Waals surface area contributed by atoms with Crippen LogP contribution >= 0.6 is 0 Å². The second kappa shape index (κ2) is 5.06. The van der Waals surface area contributed by atoms with E-state index in [0.717, 1.165) is 12.8 Å². The molecule has 2 N–H and O–H groups in total. The summed E-state index contributed by atoms with van der Waals surface area (Å²) in [5.41, 5.74) is 4.13. The average molecular weight is 253 g/mol. The number of rotatable bonds is 4. The summed E-state index contributed by atoms with van der Waals surface area (Å²) < 4.78 is 0. The lowest BCUT2D eigenvalue weighted by molar-refractivity contribution is 0.421. The summed E-state index contributed by atoms with van der Waals surface area (Å²) in [6.45, 7) is 0. The molecule has 2 aromatic rings. The fraction of sp³-hybridized carbons (Fsp3) is 0.294. The van der Waals surface area contributed by atoms with Crippen LogP contribution in [0.1, 0.15) is 22.6 Å². The van der Waals surface area contributed by atoms with Crippen molar-refractivity contribution >= 4 is 0 Å². The molecule has 0 radical (unpaired) electrons. The number of fused-ring (bicyclic) bond motifs is 1. The van der Waals surface area contributed by atoms with Gasteiger partial charge in [0.05, 0.1) is 0 Å². The predicted molar refractivity (Wildman–Crippen MR) is 77.5 cm³/mol. The largest absolute Gasteiger partial charge is 0.508 e. The quantitative estimate of drug-likeness (QED) is 0.878. The van der Waals surface area contributed by atoms with Crippen molar-refractivity contribution in [1.29, 1.82) is 0 Å². The molecule has 2 nitrogen and oxygen atoms in total. The van der Waals surface area contributed by atoms with E-state index < -0.39 is 0 Å². The van der Waals surface area contributed by atoms with E-state index in [1.165, 1.54) is 16.7 Å². The van der Waals surface area contributed by atoms with Gasteiger partial charge in [0.15, 0.2) is 0 Å². The van der Waals surface area contributed by atoms with Crippen LogP contribution in [0, 0.1) is 0 Å². The molecule has 1 aliphatic rings. The van der Waals surface area contributed by atoms with Gasteiger partial charge >= 0.3 is 0 Å². The van der Waals surface area contributed by atoms with Crippen LogP contribution in [0.25, 0.3) is 0 Å². The van der Waals surface area contributed by atoms with Gasteiger partial charge in [0, 0.05) is 12.0 Å². The zero-order valence-corrected chi connectivity index (χ0v) is 11.1. The van der Waals surface area contributed by atoms with Gasteiger partial charge in [-0.15, -0.1) is 0 Å². The Hall–Kier alpha value is -1.80. The number of phenols is 1. The first-order chi connectivity index (χ1) is 9.28. The minimum atomic E-state index is 0.348. The van der Waals surface area contributed by atoms with Crippen LogP contribution < -0.4 is 5.32 Å². The fourth-order valence-corrected chi connectivity index (χ4v) is 3.04. The zero-order valence-electron chi connectivity index (χ0n) is 11.1. The van der Waals surface area contributed by atoms with Gasteiger partial charge < -0.3 is 10.4 Å². The van der Waals surface area contributed by atoms with Crippen LogP contribution in [0.4, 0.5) is 0 Å². The lowest BCUT2D eigenvalue weighted by Crippen LogP contribution is -2.39. The van der Waals surface area contributed by atoms with E-state index in [9.17, 15) is 5.11 Å². The Morgan fingerprint density at radius 2 is 2.05 bits per heavy atom. The van der Waals surface area contributed by atoms with Crippen molar-refractivity contribution in [2.24, 2.45) is 0 Å². The van der Waals surface area contributed by atoms with Crippen molar-refractivity contribution in [3.8, 4) is 5.75 Å². The predicted octanol–water partition coefficient (Wildman–Crippen LogP) is 2.86. The lowest BCUT2D eigenvalue weighted by atomic mass is 9.72. The van der Waals surface area contributed by atoms with Crippen LogP contribution in [0.5, 0.6) is 5.75 Å². The fourth-order valence-electron chi connectivity index (χ4n) is 3.04. The molecule has 0 spiro atoms. The van der Waals surface area contributed by atoms with E-state index in [1.807, 2.05) is 19.2 Å². The summed E-state index contributed by atoms with van der Waals surface area (Å²) in [5, 5.41) is 13.0. The molecule has 1 aliphatic carbocycles. The average Bonchev–Trinajstić information content (AvgIpc) is 2.39. The van der Waals surface area contributed by atoms with Crippen molar-refractivity contribution in [1.82, 2.24) is 5.32 Å². The van der Waals surface area contributed by atoms with Crippen molar-refractivity contribution in [2.75, 3.05) is 7.05 Å². The third-order valence-electron chi connectivity index (χ3n) is 4.12. The summed E-state index contributed by atoms with van der Waals surface area (Å²) in [4.78, 5) is 0. The normalized spacial score (nSPS) is 18.5. The molecule has 19 heavy (non-hydrogen) atoms. The van der Waals surface area contributed by atoms with Gasteiger partial charge in [-0.3, -0.25) is 0 Å². The van der Waals surface area contributed by atoms with Gasteiger partial charge in [0.1, 0.15) is 5.75 Å². The Morgan fingerprint density at radius 3 is 2.79 bits per heavy atom. The number of hydrogen-bond acceptors (Lipinski definition) is 2. The second-order valence-electron chi connectivity index (χ2n) is 5.28. The van der Waals surface area contributed by atoms with Crippen molar-refractivity contribution in [3.05, 3.63) is 65.2 Å². The topological polar surface area (TPSA) is 32.3 Å². The van der Waals surface area contributed by atoms with Crippen molar-refractivity contribution in [2.45, 2.75) is 24.8 Å². The third kappa shape index (κ3) is 2.36. The first-order valence-electron chi connectivity index (χ1n) is 6.81. The molecule has 2 aromatic carbocycles. The molecular formula is C17H19NO. The molecule has 0 aromatic heterocycles. The Labute approximate surface area is 114 Å². The summed E-state index contributed by atoms with van der Waals surface area (Å²) in [5.74, 6) is 0.935. The van der Waals surface area contributed by atoms with Crippen molar-refractivity contribution in [3.63, 3.8) is 0 Å². The molecule has 0 fully saturated rings. The molecule has 3 rings (SSSR count). The molecule has 0 bridgehead atoms. The van der Waals surface area contributed by atoms with Gasteiger partial charge in [0.2, 0.25) is 0 Å². The standard InChI is InChI=1S/C17H19NO/c1-18-17(10-12-5-4-7-14(19)9-12)16-11-13-6-2-3-8-15(13)16/h2-9,16-19H,10-11H2,1H3. The second-order valence-corrected chi connectivity index (χ2v) is 5.28. The number of likely N-dealkylation sites (N-methyl/N-ethyl adjacent to an activating group) is 1. The summed E-state index contributed by atoms with van der Waals surface area (Å²) in [7, 11) is 2.02. The molecule has 0 saturated heterocycles.